The van der Waals surface area contributed by atoms with Gasteiger partial charge in [-0.1, -0.05) is 11.3 Å². The first-order chi connectivity index (χ1) is 8.87. The fourth-order valence-corrected chi connectivity index (χ4v) is 2.96. The number of hydrogen-bond donors (Lipinski definition) is 3. The van der Waals surface area contributed by atoms with E-state index in [-0.39, 0.29) is 21.3 Å². The van der Waals surface area contributed by atoms with Crippen LogP contribution in [0.25, 0.3) is 0 Å². The fourth-order valence-electron chi connectivity index (χ4n) is 1.07. The molecule has 102 valence electrons. The normalized spacial score (nSPS) is 11.3. The van der Waals surface area contributed by atoms with Gasteiger partial charge in [0.25, 0.3) is 20.3 Å². The molecule has 1 amide bonds. The molecular formula is C7H9N7O3S2. The van der Waals surface area contributed by atoms with Crippen LogP contribution in [0.5, 0.6) is 0 Å². The van der Waals surface area contributed by atoms with Crippen LogP contribution in [0, 0.1) is 6.92 Å². The third-order valence-corrected chi connectivity index (χ3v) is 4.28. The summed E-state index contributed by atoms with van der Waals surface area (Å²) in [6.07, 6.45) is 0. The molecule has 0 aliphatic carbocycles. The zero-order chi connectivity index (χ0) is 14.0. The number of aromatic amines is 1. The van der Waals surface area contributed by atoms with Crippen LogP contribution in [0.2, 0.25) is 0 Å². The van der Waals surface area contributed by atoms with Crippen molar-refractivity contribution in [3.63, 3.8) is 0 Å². The lowest BCUT2D eigenvalue weighted by molar-refractivity contribution is -0.114. The summed E-state index contributed by atoms with van der Waals surface area (Å²) in [4.78, 5) is 14.6. The number of rotatable bonds is 4. The molecule has 2 aromatic heterocycles. The van der Waals surface area contributed by atoms with Crippen molar-refractivity contribution in [2.75, 3.05) is 10.0 Å². The number of amides is 1. The summed E-state index contributed by atoms with van der Waals surface area (Å²) in [5.41, 5.74) is 0. The topological polar surface area (TPSA) is 143 Å². The van der Waals surface area contributed by atoms with E-state index in [9.17, 15) is 13.2 Å². The lowest BCUT2D eigenvalue weighted by atomic mass is 10.7. The Balaban J connectivity index is 2.19. The second kappa shape index (κ2) is 4.89. The molecule has 10 nitrogen and oxygen atoms in total. The minimum absolute atomic E-state index is 0.0891. The SMILES string of the molecule is CC(=O)Nc1nnc(S(=O)(=O)Nc2n[nH]c(C)n2)s1. The number of H-pyrrole nitrogens is 1. The van der Waals surface area contributed by atoms with E-state index in [0.717, 1.165) is 11.3 Å². The molecule has 3 N–H and O–H groups in total. The van der Waals surface area contributed by atoms with Gasteiger partial charge in [0.1, 0.15) is 5.82 Å². The molecule has 0 atom stereocenters. The molecule has 0 aromatic carbocycles. The smallest absolute Gasteiger partial charge is 0.293 e. The number of aryl methyl sites for hydroxylation is 1. The van der Waals surface area contributed by atoms with E-state index >= 15 is 0 Å². The van der Waals surface area contributed by atoms with E-state index in [4.69, 9.17) is 0 Å². The first kappa shape index (κ1) is 13.4. The Labute approximate surface area is 111 Å². The number of nitrogens with one attached hydrogen (secondary N) is 3. The second-order valence-corrected chi connectivity index (χ2v) is 6.24. The summed E-state index contributed by atoms with van der Waals surface area (Å²) < 4.78 is 25.6. The standard InChI is InChI=1S/C7H9N7O3S2/c1-3-8-5(11-10-3)14-19(16,17)7-13-12-6(18-7)9-4(2)15/h1-2H3,(H,9,12,15)(H2,8,10,11,14). The maximum atomic E-state index is 11.9. The molecule has 2 rings (SSSR count). The van der Waals surface area contributed by atoms with Gasteiger partial charge >= 0.3 is 0 Å². The molecule has 0 bridgehead atoms. The van der Waals surface area contributed by atoms with Crippen LogP contribution >= 0.6 is 11.3 Å². The molecule has 19 heavy (non-hydrogen) atoms. The molecular weight excluding hydrogens is 294 g/mol. The summed E-state index contributed by atoms with van der Waals surface area (Å²) in [6, 6.07) is 0. The molecule has 0 fully saturated rings. The van der Waals surface area contributed by atoms with Crippen LogP contribution in [0.15, 0.2) is 4.34 Å². The molecule has 0 unspecified atom stereocenters. The van der Waals surface area contributed by atoms with Gasteiger partial charge in [-0.15, -0.1) is 15.3 Å². The number of anilines is 2. The van der Waals surface area contributed by atoms with E-state index in [1.54, 1.807) is 6.92 Å². The van der Waals surface area contributed by atoms with Crippen molar-refractivity contribution in [2.24, 2.45) is 0 Å². The van der Waals surface area contributed by atoms with Gasteiger partial charge in [0.2, 0.25) is 11.0 Å². The first-order valence-corrected chi connectivity index (χ1v) is 7.20. The van der Waals surface area contributed by atoms with E-state index in [0.29, 0.717) is 5.82 Å². The van der Waals surface area contributed by atoms with Gasteiger partial charge in [0, 0.05) is 6.92 Å². The van der Waals surface area contributed by atoms with Crippen LogP contribution in [0.3, 0.4) is 0 Å². The Kier molecular flexibility index (Phi) is 3.44. The Bertz CT molecular complexity index is 704. The molecule has 0 aliphatic heterocycles. The van der Waals surface area contributed by atoms with Crippen molar-refractivity contribution in [3.05, 3.63) is 5.82 Å². The van der Waals surface area contributed by atoms with Gasteiger partial charge in [0.05, 0.1) is 0 Å². The Morgan fingerprint density at radius 3 is 2.68 bits per heavy atom. The third kappa shape index (κ3) is 3.23. The summed E-state index contributed by atoms with van der Waals surface area (Å²) in [5, 5.41) is 15.6. The molecule has 0 aliphatic rings. The number of nitrogens with zero attached hydrogens (tertiary/aromatic N) is 4. The van der Waals surface area contributed by atoms with Crippen LogP contribution in [0.1, 0.15) is 12.7 Å². The summed E-state index contributed by atoms with van der Waals surface area (Å²) in [7, 11) is -3.92. The highest BCUT2D eigenvalue weighted by atomic mass is 32.2. The molecule has 12 heteroatoms. The van der Waals surface area contributed by atoms with Crippen LogP contribution in [-0.4, -0.2) is 39.7 Å². The molecule has 2 aromatic rings. The maximum Gasteiger partial charge on any atom is 0.293 e. The van der Waals surface area contributed by atoms with Crippen LogP contribution in [0.4, 0.5) is 11.1 Å². The van der Waals surface area contributed by atoms with E-state index in [2.05, 4.69) is 35.4 Å². The highest BCUT2D eigenvalue weighted by molar-refractivity contribution is 7.94. The van der Waals surface area contributed by atoms with Gasteiger partial charge in [0.15, 0.2) is 0 Å². The second-order valence-electron chi connectivity index (χ2n) is 3.40. The minimum Gasteiger partial charge on any atom is -0.301 e. The Morgan fingerprint density at radius 2 is 2.11 bits per heavy atom. The van der Waals surface area contributed by atoms with Gasteiger partial charge in [-0.25, -0.2) is 4.72 Å². The van der Waals surface area contributed by atoms with Crippen LogP contribution in [-0.2, 0) is 14.8 Å². The molecule has 2 heterocycles. The van der Waals surface area contributed by atoms with Crippen molar-refractivity contribution >= 4 is 38.3 Å². The van der Waals surface area contributed by atoms with Crippen LogP contribution < -0.4 is 10.0 Å². The zero-order valence-corrected chi connectivity index (χ0v) is 11.5. The number of carbonyl (C=O) groups is 1. The number of aromatic nitrogens is 5. The first-order valence-electron chi connectivity index (χ1n) is 4.90. The van der Waals surface area contributed by atoms with E-state index in [1.807, 2.05) is 0 Å². The predicted octanol–water partition coefficient (Wildman–Crippen LogP) is -0.276. The number of sulfonamides is 1. The maximum absolute atomic E-state index is 11.9. The van der Waals surface area contributed by atoms with Crippen molar-refractivity contribution in [1.82, 2.24) is 25.4 Å². The average molecular weight is 303 g/mol. The molecule has 0 radical (unpaired) electrons. The lowest BCUT2D eigenvalue weighted by Crippen LogP contribution is -2.13. The van der Waals surface area contributed by atoms with Gasteiger partial charge in [-0.2, -0.15) is 13.4 Å². The lowest BCUT2D eigenvalue weighted by Gasteiger charge is -1.98. The van der Waals surface area contributed by atoms with Crippen molar-refractivity contribution in [2.45, 2.75) is 18.2 Å². The highest BCUT2D eigenvalue weighted by Gasteiger charge is 2.22. The van der Waals surface area contributed by atoms with Gasteiger partial charge in [-0.3, -0.25) is 9.89 Å². The van der Waals surface area contributed by atoms with Crippen molar-refractivity contribution in [1.29, 1.82) is 0 Å². The van der Waals surface area contributed by atoms with Crippen molar-refractivity contribution < 1.29 is 13.2 Å². The minimum atomic E-state index is -3.92. The molecule has 0 spiro atoms. The number of carbonyl (C=O) groups excluding carboxylic acids is 1. The molecule has 0 saturated carbocycles. The largest absolute Gasteiger partial charge is 0.301 e. The third-order valence-electron chi connectivity index (χ3n) is 1.74. The monoisotopic (exact) mass is 303 g/mol. The highest BCUT2D eigenvalue weighted by Crippen LogP contribution is 2.21. The van der Waals surface area contributed by atoms with E-state index in [1.165, 1.54) is 6.92 Å². The predicted molar refractivity (Wildman–Crippen MR) is 66.1 cm³/mol. The fraction of sp³-hybridized carbons (Fsp3) is 0.286. The summed E-state index contributed by atoms with van der Waals surface area (Å²) >= 11 is 0.724. The number of hydrogen-bond acceptors (Lipinski definition) is 8. The quantitative estimate of drug-likeness (QED) is 0.659. The average Bonchev–Trinajstić information content (AvgIpc) is 2.87. The van der Waals surface area contributed by atoms with Gasteiger partial charge < -0.3 is 5.32 Å². The Morgan fingerprint density at radius 1 is 1.37 bits per heavy atom. The summed E-state index contributed by atoms with van der Waals surface area (Å²) in [5.74, 6) is 0.0142. The van der Waals surface area contributed by atoms with Gasteiger partial charge in [-0.05, 0) is 6.92 Å². The van der Waals surface area contributed by atoms with E-state index < -0.39 is 10.0 Å². The zero-order valence-electron chi connectivity index (χ0n) is 9.83. The molecule has 0 saturated heterocycles. The van der Waals surface area contributed by atoms with Crippen molar-refractivity contribution in [3.8, 4) is 0 Å². The summed E-state index contributed by atoms with van der Waals surface area (Å²) in [6.45, 7) is 2.91. The Hall–Kier alpha value is -2.08.